The number of likely N-dealkylation sites (tertiary alicyclic amines) is 1. The summed E-state index contributed by atoms with van der Waals surface area (Å²) in [5.41, 5.74) is 0. The van der Waals surface area contributed by atoms with Crippen LogP contribution in [0.3, 0.4) is 0 Å². The summed E-state index contributed by atoms with van der Waals surface area (Å²) in [4.78, 5) is 13.9. The number of fused-ring (bicyclic) bond motifs is 1. The average Bonchev–Trinajstić information content (AvgIpc) is 3.16. The van der Waals surface area contributed by atoms with E-state index < -0.39 is 16.1 Å². The molecule has 0 saturated carbocycles. The molecule has 7 nitrogen and oxygen atoms in total. The van der Waals surface area contributed by atoms with Crippen LogP contribution in [0.25, 0.3) is 0 Å². The Morgan fingerprint density at radius 1 is 1.23 bits per heavy atom. The minimum atomic E-state index is -3.79. The number of hydrogen-bond acceptors (Lipinski definition) is 5. The minimum absolute atomic E-state index is 0.0535. The first-order chi connectivity index (χ1) is 10.5. The molecule has 0 spiro atoms. The Labute approximate surface area is 129 Å². The van der Waals surface area contributed by atoms with Crippen LogP contribution in [0.5, 0.6) is 11.5 Å². The molecule has 0 aromatic heterocycles. The highest BCUT2D eigenvalue weighted by Gasteiger charge is 2.28. The summed E-state index contributed by atoms with van der Waals surface area (Å²) in [6.45, 7) is 3.02. The zero-order valence-corrected chi connectivity index (χ0v) is 13.1. The van der Waals surface area contributed by atoms with E-state index in [0.717, 1.165) is 12.8 Å². The third-order valence-corrected chi connectivity index (χ3v) is 5.31. The predicted octanol–water partition coefficient (Wildman–Crippen LogP) is 0.704. The highest BCUT2D eigenvalue weighted by molar-refractivity contribution is 7.89. The summed E-state index contributed by atoms with van der Waals surface area (Å²) >= 11 is 0. The molecule has 1 aromatic rings. The van der Waals surface area contributed by atoms with Crippen LogP contribution in [-0.4, -0.2) is 45.1 Å². The topological polar surface area (TPSA) is 84.9 Å². The van der Waals surface area contributed by atoms with Crippen molar-refractivity contribution in [3.05, 3.63) is 18.2 Å². The molecule has 2 heterocycles. The monoisotopic (exact) mass is 326 g/mol. The van der Waals surface area contributed by atoms with E-state index in [0.29, 0.717) is 24.6 Å². The maximum atomic E-state index is 12.4. The van der Waals surface area contributed by atoms with Gasteiger partial charge in [-0.2, -0.15) is 4.72 Å². The molecule has 1 N–H and O–H groups in total. The first kappa shape index (κ1) is 15.1. The van der Waals surface area contributed by atoms with Gasteiger partial charge in [-0.3, -0.25) is 4.79 Å². The Balaban J connectivity index is 1.74. The van der Waals surface area contributed by atoms with E-state index >= 15 is 0 Å². The lowest BCUT2D eigenvalue weighted by molar-refractivity contribution is -0.131. The fourth-order valence-corrected chi connectivity index (χ4v) is 3.82. The molecule has 1 amide bonds. The van der Waals surface area contributed by atoms with Crippen LogP contribution in [0.1, 0.15) is 19.8 Å². The summed E-state index contributed by atoms with van der Waals surface area (Å²) in [7, 11) is -3.79. The fourth-order valence-electron chi connectivity index (χ4n) is 2.61. The van der Waals surface area contributed by atoms with E-state index in [2.05, 4.69) is 4.72 Å². The number of benzene rings is 1. The van der Waals surface area contributed by atoms with Crippen molar-refractivity contribution >= 4 is 15.9 Å². The van der Waals surface area contributed by atoms with Crippen LogP contribution in [-0.2, 0) is 14.8 Å². The Morgan fingerprint density at radius 3 is 2.64 bits per heavy atom. The molecule has 0 unspecified atom stereocenters. The number of rotatable bonds is 4. The third-order valence-electron chi connectivity index (χ3n) is 3.77. The highest BCUT2D eigenvalue weighted by Crippen LogP contribution is 2.33. The van der Waals surface area contributed by atoms with E-state index in [-0.39, 0.29) is 17.6 Å². The lowest BCUT2D eigenvalue weighted by Gasteiger charge is -2.21. The van der Waals surface area contributed by atoms with Crippen LogP contribution in [0.15, 0.2) is 23.1 Å². The normalized spacial score (nSPS) is 18.5. The van der Waals surface area contributed by atoms with Crippen molar-refractivity contribution in [2.75, 3.05) is 19.9 Å². The van der Waals surface area contributed by atoms with Gasteiger partial charge in [-0.25, -0.2) is 8.42 Å². The van der Waals surface area contributed by atoms with Gasteiger partial charge in [0.05, 0.1) is 10.9 Å². The van der Waals surface area contributed by atoms with E-state index in [1.807, 2.05) is 0 Å². The largest absolute Gasteiger partial charge is 0.454 e. The molecule has 0 radical (unpaired) electrons. The van der Waals surface area contributed by atoms with Gasteiger partial charge >= 0.3 is 0 Å². The standard InChI is InChI=1S/C14H18N2O5S/c1-10(14(17)16-6-2-3-7-16)15-22(18,19)11-4-5-12-13(8-11)21-9-20-12/h4-5,8,10,15H,2-3,6-7,9H2,1H3/t10-/m0/s1. The Hall–Kier alpha value is -1.80. The number of nitrogens with zero attached hydrogens (tertiary/aromatic N) is 1. The first-order valence-electron chi connectivity index (χ1n) is 7.18. The molecule has 0 bridgehead atoms. The van der Waals surface area contributed by atoms with Gasteiger partial charge < -0.3 is 14.4 Å². The van der Waals surface area contributed by atoms with E-state index in [1.54, 1.807) is 17.9 Å². The lowest BCUT2D eigenvalue weighted by atomic mass is 10.3. The zero-order valence-electron chi connectivity index (χ0n) is 12.2. The number of amides is 1. The predicted molar refractivity (Wildman–Crippen MR) is 78.2 cm³/mol. The van der Waals surface area contributed by atoms with Crippen molar-refractivity contribution in [2.24, 2.45) is 0 Å². The molecule has 2 aliphatic rings. The molecule has 1 atom stereocenters. The van der Waals surface area contributed by atoms with Crippen molar-refractivity contribution in [3.8, 4) is 11.5 Å². The average molecular weight is 326 g/mol. The van der Waals surface area contributed by atoms with Crippen molar-refractivity contribution in [3.63, 3.8) is 0 Å². The van der Waals surface area contributed by atoms with Crippen molar-refractivity contribution < 1.29 is 22.7 Å². The van der Waals surface area contributed by atoms with Crippen LogP contribution < -0.4 is 14.2 Å². The van der Waals surface area contributed by atoms with Gasteiger partial charge in [0.25, 0.3) is 0 Å². The van der Waals surface area contributed by atoms with Gasteiger partial charge in [0.2, 0.25) is 22.7 Å². The van der Waals surface area contributed by atoms with Crippen LogP contribution in [0, 0.1) is 0 Å². The van der Waals surface area contributed by atoms with Crippen molar-refractivity contribution in [2.45, 2.75) is 30.7 Å². The molecule has 1 saturated heterocycles. The third kappa shape index (κ3) is 2.89. The molecule has 3 rings (SSSR count). The van der Waals surface area contributed by atoms with Crippen molar-refractivity contribution in [1.29, 1.82) is 0 Å². The molecule has 22 heavy (non-hydrogen) atoms. The summed E-state index contributed by atoms with van der Waals surface area (Å²) < 4.78 is 37.5. The van der Waals surface area contributed by atoms with Crippen molar-refractivity contribution in [1.82, 2.24) is 9.62 Å². The Kier molecular flexibility index (Phi) is 3.96. The number of hydrogen-bond donors (Lipinski definition) is 1. The summed E-state index contributed by atoms with van der Waals surface area (Å²) in [6.07, 6.45) is 1.93. The SMILES string of the molecule is C[C@H](NS(=O)(=O)c1ccc2c(c1)OCO2)C(=O)N1CCCC1. The molecule has 2 aliphatic heterocycles. The highest BCUT2D eigenvalue weighted by atomic mass is 32.2. The molecular formula is C14H18N2O5S. The second-order valence-corrected chi connectivity index (χ2v) is 7.10. The van der Waals surface area contributed by atoms with Gasteiger partial charge in [0.15, 0.2) is 11.5 Å². The van der Waals surface area contributed by atoms with Crippen LogP contribution >= 0.6 is 0 Å². The van der Waals surface area contributed by atoms with Gasteiger partial charge in [-0.05, 0) is 31.9 Å². The summed E-state index contributed by atoms with van der Waals surface area (Å²) in [5, 5.41) is 0. The summed E-state index contributed by atoms with van der Waals surface area (Å²) in [5.74, 6) is 0.711. The maximum Gasteiger partial charge on any atom is 0.241 e. The molecular weight excluding hydrogens is 308 g/mol. The molecule has 1 fully saturated rings. The first-order valence-corrected chi connectivity index (χ1v) is 8.66. The van der Waals surface area contributed by atoms with Crippen LogP contribution in [0.2, 0.25) is 0 Å². The second kappa shape index (κ2) is 5.77. The molecule has 1 aromatic carbocycles. The van der Waals surface area contributed by atoms with Crippen LogP contribution in [0.4, 0.5) is 0 Å². The number of ether oxygens (including phenoxy) is 2. The Morgan fingerprint density at radius 2 is 1.91 bits per heavy atom. The number of nitrogens with one attached hydrogen (secondary N) is 1. The number of sulfonamides is 1. The quantitative estimate of drug-likeness (QED) is 0.880. The molecule has 8 heteroatoms. The maximum absolute atomic E-state index is 12.4. The van der Waals surface area contributed by atoms with E-state index in [9.17, 15) is 13.2 Å². The molecule has 0 aliphatic carbocycles. The summed E-state index contributed by atoms with van der Waals surface area (Å²) in [6, 6.07) is 3.58. The second-order valence-electron chi connectivity index (χ2n) is 5.39. The zero-order chi connectivity index (χ0) is 15.7. The Bertz CT molecular complexity index is 682. The smallest absolute Gasteiger partial charge is 0.241 e. The number of carbonyl (C=O) groups excluding carboxylic acids is 1. The van der Waals surface area contributed by atoms with Gasteiger partial charge in [0, 0.05) is 19.2 Å². The van der Waals surface area contributed by atoms with E-state index in [4.69, 9.17) is 9.47 Å². The van der Waals surface area contributed by atoms with Gasteiger partial charge in [-0.15, -0.1) is 0 Å². The van der Waals surface area contributed by atoms with Gasteiger partial charge in [0.1, 0.15) is 0 Å². The van der Waals surface area contributed by atoms with Gasteiger partial charge in [-0.1, -0.05) is 0 Å². The van der Waals surface area contributed by atoms with E-state index in [1.165, 1.54) is 12.1 Å². The molecule has 120 valence electrons. The fraction of sp³-hybridized carbons (Fsp3) is 0.500. The lowest BCUT2D eigenvalue weighted by Crippen LogP contribution is -2.45. The number of carbonyl (C=O) groups is 1. The minimum Gasteiger partial charge on any atom is -0.454 e.